The normalized spacial score (nSPS) is 26.0. The third kappa shape index (κ3) is 3.90. The largest absolute Gasteiger partial charge is 0.466 e. The lowest BCUT2D eigenvalue weighted by Crippen LogP contribution is -2.46. The molecule has 2 saturated heterocycles. The van der Waals surface area contributed by atoms with Gasteiger partial charge in [0.15, 0.2) is 6.61 Å². The highest BCUT2D eigenvalue weighted by atomic mass is 32.2. The summed E-state index contributed by atoms with van der Waals surface area (Å²) >= 11 is 1.45. The molecule has 0 saturated carbocycles. The van der Waals surface area contributed by atoms with E-state index in [0.29, 0.717) is 18.1 Å². The van der Waals surface area contributed by atoms with Gasteiger partial charge in [-0.1, -0.05) is 0 Å². The fourth-order valence-corrected chi connectivity index (χ4v) is 4.92. The molecule has 0 aliphatic carbocycles. The van der Waals surface area contributed by atoms with E-state index in [4.69, 9.17) is 9.15 Å². The Balaban J connectivity index is 1.60. The monoisotopic (exact) mass is 380 g/mol. The second-order valence-electron chi connectivity index (χ2n) is 6.68. The van der Waals surface area contributed by atoms with Gasteiger partial charge in [-0.3, -0.25) is 9.59 Å². The second-order valence-corrected chi connectivity index (χ2v) is 7.80. The Hall–Kier alpha value is -1.96. The standard InChI is InChI=1S/C18H24N2O5S/c1-12-6-3-4-8-19(12)16(22)10-25-18(23)14-11-26-17(20(14)13(2)21)15-7-5-9-24-15/h5,7,9,12,14,17H,3-4,6,8,10-11H2,1-2H3/t12-,14+,17+/m0/s1. The Labute approximate surface area is 157 Å². The maximum absolute atomic E-state index is 12.5. The van der Waals surface area contributed by atoms with E-state index in [1.54, 1.807) is 17.0 Å². The van der Waals surface area contributed by atoms with E-state index in [-0.39, 0.29) is 29.8 Å². The van der Waals surface area contributed by atoms with Gasteiger partial charge in [-0.25, -0.2) is 4.79 Å². The SMILES string of the molecule is CC(=O)N1[C@@H](C(=O)OCC(=O)N2CCCC[C@@H]2C)CS[C@@H]1c1ccco1. The van der Waals surface area contributed by atoms with Crippen LogP contribution in [-0.4, -0.2) is 58.6 Å². The van der Waals surface area contributed by atoms with Crippen LogP contribution in [0.3, 0.4) is 0 Å². The molecule has 1 aromatic rings. The number of amides is 2. The van der Waals surface area contributed by atoms with E-state index in [2.05, 4.69) is 0 Å². The number of hydrogen-bond acceptors (Lipinski definition) is 6. The van der Waals surface area contributed by atoms with Gasteiger partial charge in [0.1, 0.15) is 17.2 Å². The molecule has 2 aliphatic heterocycles. The fraction of sp³-hybridized carbons (Fsp3) is 0.611. The minimum absolute atomic E-state index is 0.173. The lowest BCUT2D eigenvalue weighted by Gasteiger charge is -2.33. The number of nitrogens with zero attached hydrogens (tertiary/aromatic N) is 2. The van der Waals surface area contributed by atoms with Crippen molar-refractivity contribution in [1.29, 1.82) is 0 Å². The maximum atomic E-state index is 12.5. The first-order chi connectivity index (χ1) is 12.5. The summed E-state index contributed by atoms with van der Waals surface area (Å²) in [5, 5.41) is -0.349. The number of ether oxygens (including phenoxy) is 1. The van der Waals surface area contributed by atoms with Gasteiger partial charge in [0, 0.05) is 25.3 Å². The predicted octanol–water partition coefficient (Wildman–Crippen LogP) is 2.19. The highest BCUT2D eigenvalue weighted by molar-refractivity contribution is 7.99. The molecular formula is C18H24N2O5S. The number of likely N-dealkylation sites (tertiary alicyclic amines) is 1. The number of esters is 1. The average molecular weight is 380 g/mol. The van der Waals surface area contributed by atoms with Crippen molar-refractivity contribution in [1.82, 2.24) is 9.80 Å². The molecule has 2 amide bonds. The first-order valence-electron chi connectivity index (χ1n) is 8.89. The maximum Gasteiger partial charge on any atom is 0.330 e. The summed E-state index contributed by atoms with van der Waals surface area (Å²) in [6.07, 6.45) is 4.61. The van der Waals surface area contributed by atoms with E-state index in [1.807, 2.05) is 6.92 Å². The van der Waals surface area contributed by atoms with Crippen LogP contribution in [0.4, 0.5) is 0 Å². The van der Waals surface area contributed by atoms with Crippen LogP contribution >= 0.6 is 11.8 Å². The van der Waals surface area contributed by atoms with Gasteiger partial charge in [-0.15, -0.1) is 11.8 Å². The highest BCUT2D eigenvalue weighted by Crippen LogP contribution is 2.41. The lowest BCUT2D eigenvalue weighted by atomic mass is 10.0. The van der Waals surface area contributed by atoms with Crippen LogP contribution in [0, 0.1) is 0 Å². The van der Waals surface area contributed by atoms with Crippen molar-refractivity contribution in [3.63, 3.8) is 0 Å². The molecule has 0 radical (unpaired) electrons. The van der Waals surface area contributed by atoms with Crippen molar-refractivity contribution in [2.24, 2.45) is 0 Å². The third-order valence-corrected chi connectivity index (χ3v) is 6.17. The summed E-state index contributed by atoms with van der Waals surface area (Å²) in [5.74, 6) is 0.0962. The van der Waals surface area contributed by atoms with E-state index in [9.17, 15) is 14.4 Å². The molecule has 0 N–H and O–H groups in total. The molecule has 142 valence electrons. The van der Waals surface area contributed by atoms with Crippen molar-refractivity contribution in [2.75, 3.05) is 18.9 Å². The molecule has 0 aromatic carbocycles. The third-order valence-electron chi connectivity index (χ3n) is 4.88. The molecule has 1 aromatic heterocycles. The molecule has 0 unspecified atom stereocenters. The summed E-state index contributed by atoms with van der Waals surface area (Å²) in [5.41, 5.74) is 0. The van der Waals surface area contributed by atoms with Crippen molar-refractivity contribution in [3.05, 3.63) is 24.2 Å². The molecule has 2 aliphatic rings. The number of thioether (sulfide) groups is 1. The first-order valence-corrected chi connectivity index (χ1v) is 9.94. The zero-order chi connectivity index (χ0) is 18.7. The van der Waals surface area contributed by atoms with Gasteiger partial charge in [0.05, 0.1) is 6.26 Å². The number of hydrogen-bond donors (Lipinski definition) is 0. The van der Waals surface area contributed by atoms with Gasteiger partial charge in [-0.2, -0.15) is 0 Å². The Morgan fingerprint density at radius 1 is 1.35 bits per heavy atom. The van der Waals surface area contributed by atoms with Crippen LogP contribution in [-0.2, 0) is 19.1 Å². The van der Waals surface area contributed by atoms with Crippen LogP contribution in [0.2, 0.25) is 0 Å². The van der Waals surface area contributed by atoms with Crippen LogP contribution in [0.5, 0.6) is 0 Å². The summed E-state index contributed by atoms with van der Waals surface area (Å²) in [6.45, 7) is 3.86. The number of rotatable bonds is 4. The number of carbonyl (C=O) groups is 3. The summed E-state index contributed by atoms with van der Waals surface area (Å²) in [4.78, 5) is 40.2. The molecule has 0 spiro atoms. The average Bonchev–Trinajstić information content (AvgIpc) is 3.28. The van der Waals surface area contributed by atoms with Crippen LogP contribution < -0.4 is 0 Å². The first kappa shape index (κ1) is 18.8. The fourth-order valence-electron chi connectivity index (χ4n) is 3.50. The van der Waals surface area contributed by atoms with E-state index < -0.39 is 12.0 Å². The summed E-state index contributed by atoms with van der Waals surface area (Å²) in [6, 6.07) is 2.99. The molecule has 26 heavy (non-hydrogen) atoms. The van der Waals surface area contributed by atoms with Gasteiger partial charge in [0.25, 0.3) is 5.91 Å². The molecule has 8 heteroatoms. The Morgan fingerprint density at radius 2 is 2.15 bits per heavy atom. The van der Waals surface area contributed by atoms with Crippen molar-refractivity contribution < 1.29 is 23.5 Å². The smallest absolute Gasteiger partial charge is 0.330 e. The molecule has 3 heterocycles. The quantitative estimate of drug-likeness (QED) is 0.745. The van der Waals surface area contributed by atoms with E-state index >= 15 is 0 Å². The number of piperidine rings is 1. The second kappa shape index (κ2) is 8.16. The molecule has 2 fully saturated rings. The van der Waals surface area contributed by atoms with E-state index in [0.717, 1.165) is 19.3 Å². The highest BCUT2D eigenvalue weighted by Gasteiger charge is 2.43. The van der Waals surface area contributed by atoms with Crippen LogP contribution in [0.1, 0.15) is 44.2 Å². The zero-order valence-electron chi connectivity index (χ0n) is 15.1. The van der Waals surface area contributed by atoms with Gasteiger partial charge in [-0.05, 0) is 38.3 Å². The molecule has 3 atom stereocenters. The molecular weight excluding hydrogens is 356 g/mol. The zero-order valence-corrected chi connectivity index (χ0v) is 15.9. The van der Waals surface area contributed by atoms with Gasteiger partial charge < -0.3 is 19.0 Å². The van der Waals surface area contributed by atoms with Crippen LogP contribution in [0.15, 0.2) is 22.8 Å². The van der Waals surface area contributed by atoms with Gasteiger partial charge in [0.2, 0.25) is 5.91 Å². The van der Waals surface area contributed by atoms with Crippen molar-refractivity contribution in [2.45, 2.75) is 50.6 Å². The topological polar surface area (TPSA) is 80.1 Å². The minimum Gasteiger partial charge on any atom is -0.466 e. The molecule has 0 bridgehead atoms. The Kier molecular flexibility index (Phi) is 5.90. The van der Waals surface area contributed by atoms with E-state index in [1.165, 1.54) is 29.8 Å². The van der Waals surface area contributed by atoms with Crippen LogP contribution in [0.25, 0.3) is 0 Å². The van der Waals surface area contributed by atoms with Gasteiger partial charge >= 0.3 is 5.97 Å². The van der Waals surface area contributed by atoms with Crippen molar-refractivity contribution >= 4 is 29.5 Å². The Morgan fingerprint density at radius 3 is 2.81 bits per heavy atom. The molecule has 3 rings (SSSR count). The summed E-state index contributed by atoms with van der Waals surface area (Å²) < 4.78 is 10.7. The lowest BCUT2D eigenvalue weighted by molar-refractivity contribution is -0.159. The molecule has 7 nitrogen and oxygen atoms in total. The minimum atomic E-state index is -0.709. The van der Waals surface area contributed by atoms with Crippen molar-refractivity contribution in [3.8, 4) is 0 Å². The number of furan rings is 1. The predicted molar refractivity (Wildman–Crippen MR) is 96.2 cm³/mol. The Bertz CT molecular complexity index is 663. The number of carbonyl (C=O) groups excluding carboxylic acids is 3. The summed E-state index contributed by atoms with van der Waals surface area (Å²) in [7, 11) is 0.